The van der Waals surface area contributed by atoms with Gasteiger partial charge < -0.3 is 15.8 Å². The third-order valence-corrected chi connectivity index (χ3v) is 4.36. The van der Waals surface area contributed by atoms with E-state index in [4.69, 9.17) is 10.5 Å². The first-order chi connectivity index (χ1) is 11.1. The van der Waals surface area contributed by atoms with E-state index in [0.717, 1.165) is 23.6 Å². The Morgan fingerprint density at radius 1 is 1.35 bits per heavy atom. The van der Waals surface area contributed by atoms with Crippen LogP contribution in [0.2, 0.25) is 0 Å². The van der Waals surface area contributed by atoms with E-state index in [1.807, 2.05) is 19.1 Å². The average molecular weight is 313 g/mol. The van der Waals surface area contributed by atoms with Crippen LogP contribution in [-0.4, -0.2) is 28.1 Å². The van der Waals surface area contributed by atoms with Gasteiger partial charge in [-0.2, -0.15) is 0 Å². The molecule has 3 rings (SSSR count). The Balaban J connectivity index is 1.93. The maximum atomic E-state index is 6.33. The molecule has 3 N–H and O–H groups in total. The Morgan fingerprint density at radius 2 is 2.13 bits per heavy atom. The fourth-order valence-corrected chi connectivity index (χ4v) is 2.85. The molecule has 0 aromatic carbocycles. The van der Waals surface area contributed by atoms with Crippen LogP contribution in [0, 0.1) is 12.8 Å². The van der Waals surface area contributed by atoms with E-state index in [0.29, 0.717) is 29.1 Å². The maximum absolute atomic E-state index is 6.33. The van der Waals surface area contributed by atoms with Crippen molar-refractivity contribution in [3.8, 4) is 17.1 Å². The second kappa shape index (κ2) is 6.40. The number of pyridine rings is 1. The molecule has 1 fully saturated rings. The minimum atomic E-state index is 0.426. The van der Waals surface area contributed by atoms with Crippen molar-refractivity contribution in [2.24, 2.45) is 5.92 Å². The zero-order chi connectivity index (χ0) is 16.4. The smallest absolute Gasteiger partial charge is 0.213 e. The highest BCUT2D eigenvalue weighted by Gasteiger charge is 2.30. The van der Waals surface area contributed by atoms with Gasteiger partial charge in [0, 0.05) is 17.7 Å². The van der Waals surface area contributed by atoms with Crippen molar-refractivity contribution < 1.29 is 4.74 Å². The van der Waals surface area contributed by atoms with Crippen LogP contribution in [-0.2, 0) is 0 Å². The van der Waals surface area contributed by atoms with Gasteiger partial charge >= 0.3 is 0 Å². The van der Waals surface area contributed by atoms with Gasteiger partial charge in [0.2, 0.25) is 5.88 Å². The van der Waals surface area contributed by atoms with Gasteiger partial charge in [0.1, 0.15) is 17.7 Å². The van der Waals surface area contributed by atoms with Crippen LogP contribution in [0.4, 0.5) is 11.5 Å². The highest BCUT2D eigenvalue weighted by atomic mass is 16.5. The minimum absolute atomic E-state index is 0.426. The number of aromatic nitrogens is 3. The quantitative estimate of drug-likeness (QED) is 0.852. The summed E-state index contributed by atoms with van der Waals surface area (Å²) in [4.78, 5) is 13.1. The Hall–Kier alpha value is -2.37. The lowest BCUT2D eigenvalue weighted by Crippen LogP contribution is -2.22. The number of nitrogens with two attached hydrogens (primary N) is 1. The number of hydrogen-bond donors (Lipinski definition) is 2. The van der Waals surface area contributed by atoms with E-state index in [1.54, 1.807) is 13.4 Å². The summed E-state index contributed by atoms with van der Waals surface area (Å²) in [6, 6.07) is 4.17. The van der Waals surface area contributed by atoms with E-state index >= 15 is 0 Å². The molecule has 1 aliphatic rings. The number of methoxy groups -OCH3 is 1. The van der Waals surface area contributed by atoms with Crippen molar-refractivity contribution in [2.45, 2.75) is 39.2 Å². The van der Waals surface area contributed by atoms with Crippen LogP contribution in [0.1, 0.15) is 31.9 Å². The van der Waals surface area contributed by atoms with Crippen LogP contribution >= 0.6 is 0 Å². The van der Waals surface area contributed by atoms with Crippen LogP contribution in [0.3, 0.4) is 0 Å². The largest absolute Gasteiger partial charge is 0.481 e. The zero-order valence-electron chi connectivity index (χ0n) is 13.8. The van der Waals surface area contributed by atoms with Crippen molar-refractivity contribution in [1.82, 2.24) is 15.0 Å². The number of nitrogens with zero attached hydrogens (tertiary/aromatic N) is 3. The Kier molecular flexibility index (Phi) is 4.32. The van der Waals surface area contributed by atoms with E-state index in [2.05, 4.69) is 27.2 Å². The van der Waals surface area contributed by atoms with Gasteiger partial charge in [0.25, 0.3) is 0 Å². The molecule has 0 bridgehead atoms. The number of anilines is 2. The second-order valence-corrected chi connectivity index (χ2v) is 5.97. The predicted molar refractivity (Wildman–Crippen MR) is 91.4 cm³/mol. The topological polar surface area (TPSA) is 86.0 Å². The lowest BCUT2D eigenvalue weighted by atomic mass is 10.1. The van der Waals surface area contributed by atoms with E-state index in [-0.39, 0.29) is 0 Å². The van der Waals surface area contributed by atoms with Crippen LogP contribution < -0.4 is 15.8 Å². The monoisotopic (exact) mass is 313 g/mol. The molecule has 6 heteroatoms. The molecular formula is C17H23N5O. The number of hydrogen-bond acceptors (Lipinski definition) is 6. The summed E-state index contributed by atoms with van der Waals surface area (Å²) in [5.74, 6) is 2.03. The Bertz CT molecular complexity index is 699. The van der Waals surface area contributed by atoms with Gasteiger partial charge in [-0.1, -0.05) is 6.92 Å². The molecule has 6 nitrogen and oxygen atoms in total. The molecule has 2 aromatic heterocycles. The summed E-state index contributed by atoms with van der Waals surface area (Å²) in [6.45, 7) is 4.11. The molecule has 0 amide bonds. The van der Waals surface area contributed by atoms with Crippen LogP contribution in [0.25, 0.3) is 11.3 Å². The normalized spacial score (nSPS) is 15.3. The standard InChI is InChI=1S/C17H23N5O/c1-4-13(11-5-6-11)22-17-15(18)16(19-9-20-17)12-7-8-14(23-3)21-10(12)2/h7-9,11,13H,4-6,18H2,1-3H3,(H,19,20,22)/t13-/m1/s1. The van der Waals surface area contributed by atoms with Crippen molar-refractivity contribution in [2.75, 3.05) is 18.2 Å². The van der Waals surface area contributed by atoms with Gasteiger partial charge in [-0.05, 0) is 38.2 Å². The first-order valence-electron chi connectivity index (χ1n) is 8.03. The van der Waals surface area contributed by atoms with Gasteiger partial charge in [-0.3, -0.25) is 0 Å². The van der Waals surface area contributed by atoms with E-state index < -0.39 is 0 Å². The SMILES string of the molecule is CC[C@@H](Nc1ncnc(-c2ccc(OC)nc2C)c1N)C1CC1. The molecule has 0 unspecified atom stereocenters. The third-order valence-electron chi connectivity index (χ3n) is 4.36. The molecule has 1 saturated carbocycles. The summed E-state index contributed by atoms with van der Waals surface area (Å²) in [7, 11) is 1.60. The summed E-state index contributed by atoms with van der Waals surface area (Å²) < 4.78 is 5.15. The summed E-state index contributed by atoms with van der Waals surface area (Å²) >= 11 is 0. The van der Waals surface area contributed by atoms with Crippen molar-refractivity contribution in [3.63, 3.8) is 0 Å². The summed E-state index contributed by atoms with van der Waals surface area (Å²) in [5, 5.41) is 3.49. The highest BCUT2D eigenvalue weighted by Crippen LogP contribution is 2.37. The second-order valence-electron chi connectivity index (χ2n) is 5.97. The van der Waals surface area contributed by atoms with E-state index in [1.165, 1.54) is 12.8 Å². The van der Waals surface area contributed by atoms with E-state index in [9.17, 15) is 0 Å². The minimum Gasteiger partial charge on any atom is -0.481 e. The molecule has 122 valence electrons. The highest BCUT2D eigenvalue weighted by molar-refractivity contribution is 5.81. The zero-order valence-corrected chi connectivity index (χ0v) is 13.8. The third kappa shape index (κ3) is 3.21. The van der Waals surface area contributed by atoms with Crippen LogP contribution in [0.15, 0.2) is 18.5 Å². The van der Waals surface area contributed by atoms with Gasteiger partial charge in [-0.25, -0.2) is 15.0 Å². The molecule has 2 heterocycles. The molecule has 1 atom stereocenters. The summed E-state index contributed by atoms with van der Waals surface area (Å²) in [5.41, 5.74) is 9.34. The lowest BCUT2D eigenvalue weighted by molar-refractivity contribution is 0.397. The first-order valence-corrected chi connectivity index (χ1v) is 8.03. The predicted octanol–water partition coefficient (Wildman–Crippen LogP) is 3.04. The van der Waals surface area contributed by atoms with Crippen molar-refractivity contribution in [1.29, 1.82) is 0 Å². The van der Waals surface area contributed by atoms with Crippen molar-refractivity contribution >= 4 is 11.5 Å². The van der Waals surface area contributed by atoms with Gasteiger partial charge in [0.15, 0.2) is 5.82 Å². The number of nitrogens with one attached hydrogen (secondary N) is 1. The molecule has 0 radical (unpaired) electrons. The number of rotatable bonds is 6. The Morgan fingerprint density at radius 3 is 2.74 bits per heavy atom. The molecule has 0 saturated heterocycles. The van der Waals surface area contributed by atoms with Crippen molar-refractivity contribution in [3.05, 3.63) is 24.2 Å². The molecule has 23 heavy (non-hydrogen) atoms. The maximum Gasteiger partial charge on any atom is 0.213 e. The van der Waals surface area contributed by atoms with Gasteiger partial charge in [0.05, 0.1) is 12.8 Å². The number of ether oxygens (including phenoxy) is 1. The average Bonchev–Trinajstić information content (AvgIpc) is 3.39. The summed E-state index contributed by atoms with van der Waals surface area (Å²) in [6.07, 6.45) is 5.18. The molecule has 0 aliphatic heterocycles. The number of aryl methyl sites for hydroxylation is 1. The first kappa shape index (κ1) is 15.5. The fourth-order valence-electron chi connectivity index (χ4n) is 2.85. The lowest BCUT2D eigenvalue weighted by Gasteiger charge is -2.19. The Labute approximate surface area is 136 Å². The van der Waals surface area contributed by atoms with Gasteiger partial charge in [-0.15, -0.1) is 0 Å². The van der Waals surface area contributed by atoms with Crippen LogP contribution in [0.5, 0.6) is 5.88 Å². The number of nitrogen functional groups attached to an aromatic ring is 1. The molecular weight excluding hydrogens is 290 g/mol. The molecule has 0 spiro atoms. The molecule has 2 aromatic rings. The molecule has 1 aliphatic carbocycles. The fraction of sp³-hybridized carbons (Fsp3) is 0.471.